The average Bonchev–Trinajstić information content (AvgIpc) is 2.28. The molecule has 0 bridgehead atoms. The van der Waals surface area contributed by atoms with E-state index in [9.17, 15) is 0 Å². The molecule has 4 heteroatoms. The predicted octanol–water partition coefficient (Wildman–Crippen LogP) is 2.19. The van der Waals surface area contributed by atoms with Crippen molar-refractivity contribution in [3.63, 3.8) is 0 Å². The fourth-order valence-electron chi connectivity index (χ4n) is 2.32. The second-order valence-electron chi connectivity index (χ2n) is 4.76. The van der Waals surface area contributed by atoms with Crippen LogP contribution in [0.15, 0.2) is 21.8 Å². The molecule has 4 nitrogen and oxygen atoms in total. The number of allylic oxidation sites excluding steroid dienone is 1. The Bertz CT molecular complexity index is 337. The molecule has 2 aliphatic rings. The highest BCUT2D eigenvalue weighted by Crippen LogP contribution is 2.17. The quantitative estimate of drug-likeness (QED) is 0.568. The molecule has 1 aliphatic carbocycles. The molecule has 0 radical (unpaired) electrons. The van der Waals surface area contributed by atoms with Crippen molar-refractivity contribution in [1.82, 2.24) is 10.6 Å². The van der Waals surface area contributed by atoms with Crippen molar-refractivity contribution < 1.29 is 0 Å². The molecule has 0 amide bonds. The number of hydrogen-bond acceptors (Lipinski definition) is 2. The smallest absolute Gasteiger partial charge is 0.220 e. The van der Waals surface area contributed by atoms with Gasteiger partial charge in [-0.3, -0.25) is 0 Å². The Labute approximate surface area is 103 Å². The number of aliphatic imine (C=N–C) groups is 2. The van der Waals surface area contributed by atoms with Gasteiger partial charge < -0.3 is 10.6 Å². The van der Waals surface area contributed by atoms with Crippen LogP contribution in [0.2, 0.25) is 0 Å². The molecule has 0 saturated heterocycles. The van der Waals surface area contributed by atoms with Crippen molar-refractivity contribution in [2.75, 3.05) is 0 Å². The predicted molar refractivity (Wildman–Crippen MR) is 72.3 cm³/mol. The maximum Gasteiger partial charge on any atom is 0.220 e. The number of nitrogens with zero attached hydrogens (tertiary/aromatic N) is 2. The summed E-state index contributed by atoms with van der Waals surface area (Å²) >= 11 is 0. The van der Waals surface area contributed by atoms with E-state index < -0.39 is 0 Å². The normalized spacial score (nSPS) is 26.4. The molecule has 1 unspecified atom stereocenters. The zero-order chi connectivity index (χ0) is 12.1. The first-order valence-corrected chi connectivity index (χ1v) is 6.56. The second kappa shape index (κ2) is 5.84. The van der Waals surface area contributed by atoms with Gasteiger partial charge in [0.15, 0.2) is 0 Å². The summed E-state index contributed by atoms with van der Waals surface area (Å²) in [7, 11) is 0. The van der Waals surface area contributed by atoms with Crippen LogP contribution in [0.25, 0.3) is 0 Å². The van der Waals surface area contributed by atoms with E-state index in [1.807, 2.05) is 13.8 Å². The first kappa shape index (κ1) is 12.1. The maximum absolute atomic E-state index is 4.54. The molecular formula is C13H22N4. The topological polar surface area (TPSA) is 48.8 Å². The van der Waals surface area contributed by atoms with Gasteiger partial charge in [0.2, 0.25) is 5.96 Å². The van der Waals surface area contributed by atoms with Crippen molar-refractivity contribution in [2.24, 2.45) is 9.98 Å². The van der Waals surface area contributed by atoms with Crippen molar-refractivity contribution >= 4 is 12.2 Å². The van der Waals surface area contributed by atoms with Crippen LogP contribution in [-0.4, -0.2) is 24.4 Å². The largest absolute Gasteiger partial charge is 0.364 e. The Balaban J connectivity index is 1.92. The standard InChI is InChI=1S/C13H22N4/c1-3-14-13(17-12-9-10(2)15-12)16-11-7-5-4-6-8-11/h3,9,11-12,15H,4-8H2,1-2H3,(H,16,17). The van der Waals surface area contributed by atoms with E-state index in [-0.39, 0.29) is 6.17 Å². The molecule has 0 aromatic rings. The highest BCUT2D eigenvalue weighted by atomic mass is 15.2. The SMILES string of the molecule is CC=NC(=NC1C=C(C)N1)NC1CCCCC1. The summed E-state index contributed by atoms with van der Waals surface area (Å²) in [6.45, 7) is 3.97. The molecule has 1 aliphatic heterocycles. The molecule has 1 saturated carbocycles. The highest BCUT2D eigenvalue weighted by Gasteiger charge is 2.17. The summed E-state index contributed by atoms with van der Waals surface area (Å²) in [6, 6.07) is 0.552. The molecule has 0 spiro atoms. The van der Waals surface area contributed by atoms with E-state index in [1.54, 1.807) is 6.21 Å². The van der Waals surface area contributed by atoms with Crippen molar-refractivity contribution in [3.8, 4) is 0 Å². The minimum Gasteiger partial charge on any atom is -0.364 e. The van der Waals surface area contributed by atoms with E-state index in [1.165, 1.54) is 37.8 Å². The molecule has 94 valence electrons. The lowest BCUT2D eigenvalue weighted by molar-refractivity contribution is 0.411. The van der Waals surface area contributed by atoms with Crippen molar-refractivity contribution in [2.45, 2.75) is 58.2 Å². The minimum atomic E-state index is 0.102. The Morgan fingerprint density at radius 3 is 2.71 bits per heavy atom. The third-order valence-electron chi connectivity index (χ3n) is 3.23. The summed E-state index contributed by atoms with van der Waals surface area (Å²) in [6.07, 6.45) is 10.5. The van der Waals surface area contributed by atoms with Gasteiger partial charge in [0.05, 0.1) is 0 Å². The van der Waals surface area contributed by atoms with Crippen molar-refractivity contribution in [1.29, 1.82) is 0 Å². The van der Waals surface area contributed by atoms with E-state index in [4.69, 9.17) is 0 Å². The third-order valence-corrected chi connectivity index (χ3v) is 3.23. The van der Waals surface area contributed by atoms with Crippen LogP contribution >= 0.6 is 0 Å². The molecule has 17 heavy (non-hydrogen) atoms. The van der Waals surface area contributed by atoms with Gasteiger partial charge in [-0.15, -0.1) is 0 Å². The summed E-state index contributed by atoms with van der Waals surface area (Å²) in [4.78, 5) is 8.85. The zero-order valence-corrected chi connectivity index (χ0v) is 10.7. The van der Waals surface area contributed by atoms with E-state index in [2.05, 4.69) is 26.7 Å². The van der Waals surface area contributed by atoms with Crippen LogP contribution in [0, 0.1) is 0 Å². The molecule has 0 aromatic carbocycles. The van der Waals surface area contributed by atoms with E-state index >= 15 is 0 Å². The molecule has 2 rings (SSSR count). The molecular weight excluding hydrogens is 212 g/mol. The lowest BCUT2D eigenvalue weighted by Gasteiger charge is -2.26. The van der Waals surface area contributed by atoms with Crippen LogP contribution in [0.1, 0.15) is 46.0 Å². The number of guanidine groups is 1. The van der Waals surface area contributed by atoms with Crippen LogP contribution in [0.4, 0.5) is 0 Å². The van der Waals surface area contributed by atoms with Gasteiger partial charge in [-0.05, 0) is 32.8 Å². The van der Waals surface area contributed by atoms with Gasteiger partial charge in [0.25, 0.3) is 0 Å². The first-order valence-electron chi connectivity index (χ1n) is 6.56. The fourth-order valence-corrected chi connectivity index (χ4v) is 2.32. The Kier molecular flexibility index (Phi) is 4.18. The minimum absolute atomic E-state index is 0.102. The van der Waals surface area contributed by atoms with Crippen LogP contribution < -0.4 is 10.6 Å². The van der Waals surface area contributed by atoms with Gasteiger partial charge in [-0.2, -0.15) is 0 Å². The third kappa shape index (κ3) is 3.58. The molecule has 1 fully saturated rings. The average molecular weight is 234 g/mol. The Morgan fingerprint density at radius 2 is 2.12 bits per heavy atom. The maximum atomic E-state index is 4.54. The lowest BCUT2D eigenvalue weighted by Crippen LogP contribution is -2.39. The van der Waals surface area contributed by atoms with Gasteiger partial charge in [-0.25, -0.2) is 9.98 Å². The summed E-state index contributed by atoms with van der Waals surface area (Å²) < 4.78 is 0. The summed E-state index contributed by atoms with van der Waals surface area (Å²) in [5.41, 5.74) is 1.19. The molecule has 1 heterocycles. The highest BCUT2D eigenvalue weighted by molar-refractivity contribution is 5.87. The number of rotatable bonds is 2. The Morgan fingerprint density at radius 1 is 1.41 bits per heavy atom. The number of hydrogen-bond donors (Lipinski definition) is 2. The van der Waals surface area contributed by atoms with Gasteiger partial charge in [0.1, 0.15) is 6.17 Å². The molecule has 1 atom stereocenters. The molecule has 0 aromatic heterocycles. The Hall–Kier alpha value is -1.32. The summed E-state index contributed by atoms with van der Waals surface area (Å²) in [5, 5.41) is 6.68. The first-order chi connectivity index (χ1) is 8.28. The van der Waals surface area contributed by atoms with Gasteiger partial charge >= 0.3 is 0 Å². The lowest BCUT2D eigenvalue weighted by atomic mass is 9.96. The number of nitrogens with one attached hydrogen (secondary N) is 2. The summed E-state index contributed by atoms with van der Waals surface area (Å²) in [5.74, 6) is 0.764. The van der Waals surface area contributed by atoms with Crippen molar-refractivity contribution in [3.05, 3.63) is 11.8 Å². The fraction of sp³-hybridized carbons (Fsp3) is 0.692. The van der Waals surface area contributed by atoms with Crippen LogP contribution in [0.5, 0.6) is 0 Å². The van der Waals surface area contributed by atoms with E-state index in [0.29, 0.717) is 6.04 Å². The zero-order valence-electron chi connectivity index (χ0n) is 10.7. The monoisotopic (exact) mass is 234 g/mol. The van der Waals surface area contributed by atoms with E-state index in [0.717, 1.165) is 5.96 Å². The van der Waals surface area contributed by atoms with Gasteiger partial charge in [0, 0.05) is 18.0 Å². The van der Waals surface area contributed by atoms with Crippen LogP contribution in [-0.2, 0) is 0 Å². The second-order valence-corrected chi connectivity index (χ2v) is 4.76. The molecule has 2 N–H and O–H groups in total. The van der Waals surface area contributed by atoms with Crippen LogP contribution in [0.3, 0.4) is 0 Å². The van der Waals surface area contributed by atoms with Gasteiger partial charge in [-0.1, -0.05) is 19.3 Å².